The number of carbonyl (C=O) groups excluding carboxylic acids is 2. The number of nitro groups is 2. The molecule has 36 heavy (non-hydrogen) atoms. The summed E-state index contributed by atoms with van der Waals surface area (Å²) in [5, 5.41) is 35.8. The Kier molecular flexibility index (Phi) is 11.0. The van der Waals surface area contributed by atoms with E-state index in [-0.39, 0.29) is 34.2 Å². The van der Waals surface area contributed by atoms with E-state index in [1.807, 2.05) is 0 Å². The Hall–Kier alpha value is -5.54. The quantitative estimate of drug-likeness (QED) is 0.0669. The van der Waals surface area contributed by atoms with Crippen LogP contribution < -0.4 is 11.5 Å². The number of amidine groups is 2. The number of nitro benzene ring substituents is 2. The fourth-order valence-electron chi connectivity index (χ4n) is 2.29. The standard InChI is InChI=1S/C13H13N3O7.C7H7N3O3/c1-21-11(17)7-10(13(18)22-2)23-15-12(14)8-5-3-4-6-9(8)16(19)20;8-7(9-11)5-3-1-2-4-6(5)10(12)13/h3-7H,1-2H3,(H2,14,15);1-4,11H,(H2,8,9). The summed E-state index contributed by atoms with van der Waals surface area (Å²) in [6, 6.07) is 11.3. The van der Waals surface area contributed by atoms with Gasteiger partial charge in [0.05, 0.1) is 41.3 Å². The number of para-hydroxylation sites is 2. The van der Waals surface area contributed by atoms with Gasteiger partial charge in [-0.2, -0.15) is 0 Å². The first kappa shape index (κ1) is 28.5. The number of benzene rings is 2. The molecule has 2 rings (SSSR count). The minimum Gasteiger partial charge on any atom is -0.466 e. The number of nitrogens with zero attached hydrogens (tertiary/aromatic N) is 4. The monoisotopic (exact) mass is 504 g/mol. The Balaban J connectivity index is 0.000000420. The second kappa shape index (κ2) is 13.9. The topological polar surface area (TPSA) is 245 Å². The molecule has 0 fully saturated rings. The third-order valence-corrected chi connectivity index (χ3v) is 3.94. The third kappa shape index (κ3) is 8.10. The van der Waals surface area contributed by atoms with Crippen molar-refractivity contribution in [3.05, 3.63) is 91.7 Å². The van der Waals surface area contributed by atoms with Gasteiger partial charge in [-0.1, -0.05) is 34.6 Å². The molecule has 190 valence electrons. The lowest BCUT2D eigenvalue weighted by molar-refractivity contribution is -0.385. The minimum absolute atomic E-state index is 0.0141. The normalized spacial score (nSPS) is 11.4. The summed E-state index contributed by atoms with van der Waals surface area (Å²) in [7, 11) is 2.16. The van der Waals surface area contributed by atoms with Gasteiger partial charge in [0.25, 0.3) is 11.4 Å². The van der Waals surface area contributed by atoms with E-state index in [2.05, 4.69) is 19.8 Å². The van der Waals surface area contributed by atoms with Gasteiger partial charge in [-0.05, 0) is 12.1 Å². The van der Waals surface area contributed by atoms with Crippen LogP contribution in [0.1, 0.15) is 11.1 Å². The zero-order valence-electron chi connectivity index (χ0n) is 18.8. The first-order valence-electron chi connectivity index (χ1n) is 9.40. The number of ether oxygens (including phenoxy) is 2. The van der Waals surface area contributed by atoms with Crippen molar-refractivity contribution in [2.45, 2.75) is 0 Å². The van der Waals surface area contributed by atoms with Gasteiger partial charge in [0.15, 0.2) is 11.7 Å². The predicted molar refractivity (Wildman–Crippen MR) is 123 cm³/mol. The molecule has 5 N–H and O–H groups in total. The van der Waals surface area contributed by atoms with Crippen molar-refractivity contribution in [2.24, 2.45) is 21.8 Å². The molecule has 0 aromatic heterocycles. The first-order valence-corrected chi connectivity index (χ1v) is 9.40. The Morgan fingerprint density at radius 2 is 1.36 bits per heavy atom. The molecule has 16 heteroatoms. The smallest absolute Gasteiger partial charge is 0.377 e. The summed E-state index contributed by atoms with van der Waals surface area (Å²) in [6.07, 6.45) is 0.696. The van der Waals surface area contributed by atoms with Crippen molar-refractivity contribution < 1.29 is 39.0 Å². The van der Waals surface area contributed by atoms with Crippen molar-refractivity contribution in [1.82, 2.24) is 0 Å². The summed E-state index contributed by atoms with van der Waals surface area (Å²) in [6.45, 7) is 0. The molecule has 0 unspecified atom stereocenters. The van der Waals surface area contributed by atoms with Gasteiger partial charge < -0.3 is 31.0 Å². The highest BCUT2D eigenvalue weighted by Crippen LogP contribution is 2.18. The van der Waals surface area contributed by atoms with Crippen molar-refractivity contribution in [2.75, 3.05) is 14.2 Å². The van der Waals surface area contributed by atoms with E-state index in [0.29, 0.717) is 6.08 Å². The zero-order chi connectivity index (χ0) is 27.3. The van der Waals surface area contributed by atoms with Crippen molar-refractivity contribution >= 4 is 35.0 Å². The van der Waals surface area contributed by atoms with Gasteiger partial charge in [0.2, 0.25) is 5.76 Å². The zero-order valence-corrected chi connectivity index (χ0v) is 18.8. The Morgan fingerprint density at radius 3 is 1.78 bits per heavy atom. The fraction of sp³-hybridized carbons (Fsp3) is 0.100. The molecular weight excluding hydrogens is 484 g/mol. The van der Waals surface area contributed by atoms with Gasteiger partial charge in [0.1, 0.15) is 0 Å². The highest BCUT2D eigenvalue weighted by molar-refractivity contribution is 6.01. The molecular formula is C20H20N6O10. The average Bonchev–Trinajstić information content (AvgIpc) is 2.89. The van der Waals surface area contributed by atoms with Crippen LogP contribution in [-0.4, -0.2) is 52.9 Å². The second-order valence-corrected chi connectivity index (χ2v) is 6.12. The number of nitrogens with two attached hydrogens (primary N) is 2. The number of carbonyl (C=O) groups is 2. The van der Waals surface area contributed by atoms with E-state index < -0.39 is 27.5 Å². The van der Waals surface area contributed by atoms with Crippen molar-refractivity contribution in [1.29, 1.82) is 0 Å². The summed E-state index contributed by atoms with van der Waals surface area (Å²) >= 11 is 0. The van der Waals surface area contributed by atoms with Crippen LogP contribution in [0.3, 0.4) is 0 Å². The molecule has 0 heterocycles. The summed E-state index contributed by atoms with van der Waals surface area (Å²) in [4.78, 5) is 47.5. The lowest BCUT2D eigenvalue weighted by Gasteiger charge is -2.04. The number of oxime groups is 2. The SMILES string of the molecule is COC(=O)C=C(O/N=C(\N)c1ccccc1[N+](=O)[O-])C(=O)OC.N/C(=N\O)c1ccccc1[N+](=O)[O-]. The maximum Gasteiger partial charge on any atom is 0.377 e. The number of esters is 2. The van der Waals surface area contributed by atoms with Gasteiger partial charge in [-0.25, -0.2) is 9.59 Å². The van der Waals surface area contributed by atoms with Crippen LogP contribution in [0.25, 0.3) is 0 Å². The molecule has 16 nitrogen and oxygen atoms in total. The van der Waals surface area contributed by atoms with E-state index in [4.69, 9.17) is 21.5 Å². The molecule has 2 aromatic carbocycles. The molecule has 0 amide bonds. The molecule has 0 saturated heterocycles. The molecule has 0 atom stereocenters. The van der Waals surface area contributed by atoms with Crippen LogP contribution in [0.4, 0.5) is 11.4 Å². The number of methoxy groups -OCH3 is 2. The number of hydrogen-bond acceptors (Lipinski definition) is 12. The molecule has 0 aliphatic heterocycles. The Bertz CT molecular complexity index is 1220. The predicted octanol–water partition coefficient (Wildman–Crippen LogP) is 1.15. The highest BCUT2D eigenvalue weighted by Gasteiger charge is 2.19. The van der Waals surface area contributed by atoms with Crippen LogP contribution in [0.15, 0.2) is 70.7 Å². The molecule has 0 spiro atoms. The maximum atomic E-state index is 11.4. The summed E-state index contributed by atoms with van der Waals surface area (Å²) in [5.74, 6) is -3.12. The van der Waals surface area contributed by atoms with Crippen molar-refractivity contribution in [3.8, 4) is 0 Å². The molecule has 0 aliphatic rings. The lowest BCUT2D eigenvalue weighted by atomic mass is 10.1. The molecule has 0 saturated carbocycles. The van der Waals surface area contributed by atoms with Gasteiger partial charge in [-0.3, -0.25) is 20.2 Å². The molecule has 0 radical (unpaired) electrons. The van der Waals surface area contributed by atoms with E-state index in [1.165, 1.54) is 42.5 Å². The second-order valence-electron chi connectivity index (χ2n) is 6.12. The van der Waals surface area contributed by atoms with Gasteiger partial charge >= 0.3 is 11.9 Å². The number of rotatable bonds is 8. The van der Waals surface area contributed by atoms with E-state index in [9.17, 15) is 29.8 Å². The lowest BCUT2D eigenvalue weighted by Crippen LogP contribution is -2.17. The van der Waals surface area contributed by atoms with Crippen LogP contribution in [0.2, 0.25) is 0 Å². The summed E-state index contributed by atoms with van der Waals surface area (Å²) in [5.41, 5.74) is 10.5. The van der Waals surface area contributed by atoms with Crippen LogP contribution in [0, 0.1) is 20.2 Å². The van der Waals surface area contributed by atoms with Gasteiger partial charge in [-0.15, -0.1) is 0 Å². The Morgan fingerprint density at radius 1 is 0.889 bits per heavy atom. The largest absolute Gasteiger partial charge is 0.466 e. The van der Waals surface area contributed by atoms with Gasteiger partial charge in [0, 0.05) is 12.1 Å². The molecule has 2 aromatic rings. The van der Waals surface area contributed by atoms with Crippen LogP contribution in [-0.2, 0) is 23.9 Å². The fourth-order valence-corrected chi connectivity index (χ4v) is 2.29. The molecule has 0 aliphatic carbocycles. The average molecular weight is 504 g/mol. The minimum atomic E-state index is -1.01. The first-order chi connectivity index (χ1) is 17.1. The summed E-state index contributed by atoms with van der Waals surface area (Å²) < 4.78 is 8.74. The van der Waals surface area contributed by atoms with E-state index in [0.717, 1.165) is 14.2 Å². The highest BCUT2D eigenvalue weighted by atomic mass is 16.7. The van der Waals surface area contributed by atoms with E-state index >= 15 is 0 Å². The van der Waals surface area contributed by atoms with E-state index in [1.54, 1.807) is 6.07 Å². The molecule has 0 bridgehead atoms. The van der Waals surface area contributed by atoms with Crippen LogP contribution >= 0.6 is 0 Å². The third-order valence-electron chi connectivity index (χ3n) is 3.94. The van der Waals surface area contributed by atoms with Crippen LogP contribution in [0.5, 0.6) is 0 Å². The maximum absolute atomic E-state index is 11.4. The number of hydrogen-bond donors (Lipinski definition) is 3. The Labute approximate surface area is 202 Å². The van der Waals surface area contributed by atoms with Crippen molar-refractivity contribution in [3.63, 3.8) is 0 Å².